The van der Waals surface area contributed by atoms with Crippen LogP contribution in [0.3, 0.4) is 0 Å². The Balaban J connectivity index is 2.11. The van der Waals surface area contributed by atoms with Crippen LogP contribution in [0, 0.1) is 12.8 Å². The van der Waals surface area contributed by atoms with Crippen LogP contribution in [0.15, 0.2) is 29.8 Å². The monoisotopic (exact) mass is 301 g/mol. The summed E-state index contributed by atoms with van der Waals surface area (Å²) in [5.41, 5.74) is 2.00. The molecule has 0 aliphatic carbocycles. The lowest BCUT2D eigenvalue weighted by atomic mass is 9.98. The molecule has 1 aliphatic heterocycles. The third-order valence-electron chi connectivity index (χ3n) is 4.27. The van der Waals surface area contributed by atoms with Gasteiger partial charge >= 0.3 is 5.97 Å². The number of aryl methyl sites for hydroxylation is 1. The molecule has 0 spiro atoms. The molecule has 0 radical (unpaired) electrons. The number of benzene rings is 1. The van der Waals surface area contributed by atoms with Gasteiger partial charge in [-0.25, -0.2) is 4.79 Å². The van der Waals surface area contributed by atoms with Gasteiger partial charge in [-0.1, -0.05) is 31.2 Å². The number of carbonyl (C=O) groups is 2. The highest BCUT2D eigenvalue weighted by molar-refractivity contribution is 5.98. The van der Waals surface area contributed by atoms with Crippen molar-refractivity contribution in [1.82, 2.24) is 4.90 Å². The summed E-state index contributed by atoms with van der Waals surface area (Å²) in [7, 11) is 0. The van der Waals surface area contributed by atoms with Crippen molar-refractivity contribution in [2.75, 3.05) is 13.1 Å². The fraction of sp³-hybridized carbons (Fsp3) is 0.444. The predicted octanol–water partition coefficient (Wildman–Crippen LogP) is 3.11. The lowest BCUT2D eigenvalue weighted by Crippen LogP contribution is -2.38. The van der Waals surface area contributed by atoms with E-state index in [2.05, 4.69) is 6.92 Å². The largest absolute Gasteiger partial charge is 0.478 e. The van der Waals surface area contributed by atoms with Crippen LogP contribution in [0.4, 0.5) is 0 Å². The first-order valence-electron chi connectivity index (χ1n) is 7.74. The number of piperidine rings is 1. The standard InChI is InChI=1S/C18H23NO3/c1-13-7-9-19(10-8-13)17(20)12-16(18(21)22)11-15-6-4-3-5-14(15)2/h3-6,11,13H,7-10,12H2,1-2H3,(H,21,22)/b16-11+. The van der Waals surface area contributed by atoms with E-state index < -0.39 is 5.97 Å². The van der Waals surface area contributed by atoms with Crippen LogP contribution in [0.25, 0.3) is 6.08 Å². The number of hydrogen-bond acceptors (Lipinski definition) is 2. The molecule has 0 atom stereocenters. The Morgan fingerprint density at radius 3 is 2.50 bits per heavy atom. The minimum atomic E-state index is -1.03. The molecule has 22 heavy (non-hydrogen) atoms. The van der Waals surface area contributed by atoms with Crippen molar-refractivity contribution in [3.63, 3.8) is 0 Å². The molecule has 1 N–H and O–H groups in total. The zero-order valence-corrected chi connectivity index (χ0v) is 13.2. The topological polar surface area (TPSA) is 57.6 Å². The zero-order valence-electron chi connectivity index (χ0n) is 13.2. The fourth-order valence-electron chi connectivity index (χ4n) is 2.66. The summed E-state index contributed by atoms with van der Waals surface area (Å²) in [4.78, 5) is 25.5. The van der Waals surface area contributed by atoms with Crippen LogP contribution in [-0.4, -0.2) is 35.0 Å². The number of likely N-dealkylation sites (tertiary alicyclic amines) is 1. The second-order valence-electron chi connectivity index (χ2n) is 6.07. The molecule has 118 valence electrons. The molecule has 0 aromatic heterocycles. The highest BCUT2D eigenvalue weighted by atomic mass is 16.4. The van der Waals surface area contributed by atoms with E-state index in [1.165, 1.54) is 0 Å². The summed E-state index contributed by atoms with van der Waals surface area (Å²) < 4.78 is 0. The number of carboxylic acid groups (broad SMARTS) is 1. The molecule has 1 aromatic carbocycles. The summed E-state index contributed by atoms with van der Waals surface area (Å²) in [5, 5.41) is 9.38. The van der Waals surface area contributed by atoms with E-state index in [0.29, 0.717) is 5.92 Å². The van der Waals surface area contributed by atoms with Gasteiger partial charge in [-0.2, -0.15) is 0 Å². The molecule has 1 aliphatic rings. The first kappa shape index (κ1) is 16.3. The van der Waals surface area contributed by atoms with Crippen molar-refractivity contribution in [2.24, 2.45) is 5.92 Å². The fourth-order valence-corrected chi connectivity index (χ4v) is 2.66. The Hall–Kier alpha value is -2.10. The van der Waals surface area contributed by atoms with Crippen LogP contribution >= 0.6 is 0 Å². The molecule has 0 unspecified atom stereocenters. The van der Waals surface area contributed by atoms with E-state index in [4.69, 9.17) is 0 Å². The Kier molecular flexibility index (Phi) is 5.36. The second kappa shape index (κ2) is 7.25. The molecule has 1 heterocycles. The van der Waals surface area contributed by atoms with Gasteiger partial charge in [0, 0.05) is 18.7 Å². The number of nitrogens with zero attached hydrogens (tertiary/aromatic N) is 1. The quantitative estimate of drug-likeness (QED) is 0.869. The van der Waals surface area contributed by atoms with Gasteiger partial charge in [-0.3, -0.25) is 4.79 Å². The Labute approximate surface area is 131 Å². The van der Waals surface area contributed by atoms with Crippen molar-refractivity contribution >= 4 is 18.0 Å². The Bertz CT molecular complexity index is 584. The zero-order chi connectivity index (χ0) is 16.1. The van der Waals surface area contributed by atoms with Crippen LogP contribution < -0.4 is 0 Å². The van der Waals surface area contributed by atoms with Gasteiger partial charge in [-0.05, 0) is 42.9 Å². The van der Waals surface area contributed by atoms with Crippen LogP contribution in [0.2, 0.25) is 0 Å². The average molecular weight is 301 g/mol. The van der Waals surface area contributed by atoms with E-state index >= 15 is 0 Å². The minimum Gasteiger partial charge on any atom is -0.478 e. The third-order valence-corrected chi connectivity index (χ3v) is 4.27. The molecule has 1 saturated heterocycles. The maximum Gasteiger partial charge on any atom is 0.332 e. The van der Waals surface area contributed by atoms with Gasteiger partial charge in [0.1, 0.15) is 0 Å². The van der Waals surface area contributed by atoms with Gasteiger partial charge in [0.05, 0.1) is 6.42 Å². The number of aliphatic carboxylic acids is 1. The maximum atomic E-state index is 12.3. The molecular formula is C18H23NO3. The maximum absolute atomic E-state index is 12.3. The van der Waals surface area contributed by atoms with E-state index in [1.807, 2.05) is 31.2 Å². The second-order valence-corrected chi connectivity index (χ2v) is 6.07. The minimum absolute atomic E-state index is 0.0436. The van der Waals surface area contributed by atoms with E-state index in [1.54, 1.807) is 11.0 Å². The summed E-state index contributed by atoms with van der Waals surface area (Å²) in [6.45, 7) is 5.58. The smallest absolute Gasteiger partial charge is 0.332 e. The first-order valence-corrected chi connectivity index (χ1v) is 7.74. The average Bonchev–Trinajstić information content (AvgIpc) is 2.49. The lowest BCUT2D eigenvalue weighted by Gasteiger charge is -2.30. The number of rotatable bonds is 4. The third kappa shape index (κ3) is 4.20. The highest BCUT2D eigenvalue weighted by Crippen LogP contribution is 2.19. The molecule has 1 amide bonds. The van der Waals surface area contributed by atoms with Crippen LogP contribution in [0.5, 0.6) is 0 Å². The molecule has 4 heteroatoms. The first-order chi connectivity index (χ1) is 10.5. The number of carboxylic acids is 1. The summed E-state index contributed by atoms with van der Waals surface area (Å²) in [6, 6.07) is 7.57. The molecule has 0 saturated carbocycles. The predicted molar refractivity (Wildman–Crippen MR) is 86.4 cm³/mol. The van der Waals surface area contributed by atoms with Crippen molar-refractivity contribution in [2.45, 2.75) is 33.1 Å². The lowest BCUT2D eigenvalue weighted by molar-refractivity contribution is -0.136. The van der Waals surface area contributed by atoms with Crippen molar-refractivity contribution in [3.8, 4) is 0 Å². The van der Waals surface area contributed by atoms with E-state index in [0.717, 1.165) is 37.1 Å². The summed E-state index contributed by atoms with van der Waals surface area (Å²) in [6.07, 6.45) is 3.56. The number of amides is 1. The van der Waals surface area contributed by atoms with Crippen LogP contribution in [-0.2, 0) is 9.59 Å². The van der Waals surface area contributed by atoms with E-state index in [9.17, 15) is 14.7 Å². The molecule has 2 rings (SSSR count). The Morgan fingerprint density at radius 2 is 1.91 bits per heavy atom. The number of hydrogen-bond donors (Lipinski definition) is 1. The summed E-state index contributed by atoms with van der Waals surface area (Å²) >= 11 is 0. The van der Waals surface area contributed by atoms with Gasteiger partial charge in [0.25, 0.3) is 0 Å². The molecule has 4 nitrogen and oxygen atoms in total. The van der Waals surface area contributed by atoms with Crippen molar-refractivity contribution in [3.05, 3.63) is 41.0 Å². The summed E-state index contributed by atoms with van der Waals surface area (Å²) in [5.74, 6) is -0.471. The Morgan fingerprint density at radius 1 is 1.27 bits per heavy atom. The normalized spacial score (nSPS) is 16.6. The van der Waals surface area contributed by atoms with Gasteiger partial charge in [-0.15, -0.1) is 0 Å². The van der Waals surface area contributed by atoms with Gasteiger partial charge in [0.2, 0.25) is 5.91 Å². The van der Waals surface area contributed by atoms with E-state index in [-0.39, 0.29) is 17.9 Å². The van der Waals surface area contributed by atoms with Gasteiger partial charge < -0.3 is 10.0 Å². The molecule has 0 bridgehead atoms. The highest BCUT2D eigenvalue weighted by Gasteiger charge is 2.22. The SMILES string of the molecule is Cc1ccccc1/C=C(\CC(=O)N1CCC(C)CC1)C(=O)O. The van der Waals surface area contributed by atoms with Crippen LogP contribution in [0.1, 0.15) is 37.3 Å². The van der Waals surface area contributed by atoms with Gasteiger partial charge in [0.15, 0.2) is 0 Å². The molecular weight excluding hydrogens is 278 g/mol. The number of carbonyl (C=O) groups excluding carboxylic acids is 1. The molecule has 1 aromatic rings. The molecule has 1 fully saturated rings. The van der Waals surface area contributed by atoms with Crippen molar-refractivity contribution in [1.29, 1.82) is 0 Å². The van der Waals surface area contributed by atoms with Crippen molar-refractivity contribution < 1.29 is 14.7 Å².